The van der Waals surface area contributed by atoms with Crippen molar-refractivity contribution in [1.29, 1.82) is 0 Å². The van der Waals surface area contributed by atoms with E-state index in [0.29, 0.717) is 0 Å². The maximum atomic E-state index is 10.5. The third-order valence-electron chi connectivity index (χ3n) is 0.856. The van der Waals surface area contributed by atoms with Gasteiger partial charge in [-0.05, 0) is 0 Å². The highest BCUT2D eigenvalue weighted by atomic mass is 16.5. The van der Waals surface area contributed by atoms with Crippen LogP contribution in [0.1, 0.15) is 13.3 Å². The van der Waals surface area contributed by atoms with Gasteiger partial charge in [0, 0.05) is 6.92 Å². The quantitative estimate of drug-likeness (QED) is 0.245. The van der Waals surface area contributed by atoms with Crippen LogP contribution in [0.2, 0.25) is 0 Å². The number of hydrogen-bond donors (Lipinski definition) is 0. The SMILES string of the molecule is CC(=O)OCCC(=O)C=[N+]=[N-]. The Bertz CT molecular complexity index is 206. The van der Waals surface area contributed by atoms with Crippen molar-refractivity contribution in [1.82, 2.24) is 0 Å². The fraction of sp³-hybridized carbons (Fsp3) is 0.500. The molecule has 0 aliphatic heterocycles. The summed E-state index contributed by atoms with van der Waals surface area (Å²) in [5.74, 6) is -0.813. The summed E-state index contributed by atoms with van der Waals surface area (Å²) in [4.78, 5) is 23.2. The highest BCUT2D eigenvalue weighted by Gasteiger charge is 2.02. The zero-order valence-corrected chi connectivity index (χ0v) is 6.11. The van der Waals surface area contributed by atoms with E-state index in [1.54, 1.807) is 0 Å². The van der Waals surface area contributed by atoms with Crippen LogP contribution in [0.4, 0.5) is 0 Å². The Labute approximate surface area is 63.6 Å². The van der Waals surface area contributed by atoms with Gasteiger partial charge in [-0.3, -0.25) is 9.59 Å². The molecule has 0 spiro atoms. The smallest absolute Gasteiger partial charge is 0.323 e. The van der Waals surface area contributed by atoms with E-state index in [1.165, 1.54) is 6.92 Å². The first-order valence-corrected chi connectivity index (χ1v) is 3.00. The lowest BCUT2D eigenvalue weighted by molar-refractivity contribution is -0.141. The third-order valence-corrected chi connectivity index (χ3v) is 0.856. The molecule has 0 heterocycles. The summed E-state index contributed by atoms with van der Waals surface area (Å²) in [5, 5.41) is 0. The van der Waals surface area contributed by atoms with Gasteiger partial charge in [-0.15, -0.1) is 0 Å². The molecule has 0 aliphatic carbocycles. The van der Waals surface area contributed by atoms with Crippen LogP contribution in [0, 0.1) is 0 Å². The number of Topliss-reactive ketones (excluding diaryl/α,β-unsaturated/α-hetero) is 1. The summed E-state index contributed by atoms with van der Waals surface area (Å²) in [6.07, 6.45) is 0.813. The maximum Gasteiger partial charge on any atom is 0.323 e. The average molecular weight is 156 g/mol. The van der Waals surface area contributed by atoms with Gasteiger partial charge in [0.2, 0.25) is 5.78 Å². The number of ketones is 1. The molecule has 5 heteroatoms. The molecular formula is C6H8N2O3. The summed E-state index contributed by atoms with van der Waals surface area (Å²) in [6.45, 7) is 1.28. The van der Waals surface area contributed by atoms with Crippen molar-refractivity contribution in [2.24, 2.45) is 0 Å². The van der Waals surface area contributed by atoms with Gasteiger partial charge in [-0.1, -0.05) is 0 Å². The van der Waals surface area contributed by atoms with Gasteiger partial charge in [-0.2, -0.15) is 4.79 Å². The molecule has 0 unspecified atom stereocenters. The minimum absolute atomic E-state index is 0.0280. The van der Waals surface area contributed by atoms with Gasteiger partial charge in [-0.25, -0.2) is 0 Å². The predicted molar refractivity (Wildman–Crippen MR) is 35.9 cm³/mol. The van der Waals surface area contributed by atoms with Crippen molar-refractivity contribution < 1.29 is 19.1 Å². The second kappa shape index (κ2) is 5.32. The van der Waals surface area contributed by atoms with Crippen LogP contribution in [-0.4, -0.2) is 29.4 Å². The van der Waals surface area contributed by atoms with E-state index in [0.717, 1.165) is 6.21 Å². The molecule has 60 valence electrons. The number of carbonyl (C=O) groups is 2. The molecule has 0 fully saturated rings. The fourth-order valence-electron chi connectivity index (χ4n) is 0.424. The first-order chi connectivity index (χ1) is 5.16. The Morgan fingerprint density at radius 2 is 2.27 bits per heavy atom. The molecule has 5 nitrogen and oxygen atoms in total. The number of hydrogen-bond acceptors (Lipinski definition) is 3. The normalized spacial score (nSPS) is 8.09. The second-order valence-electron chi connectivity index (χ2n) is 1.80. The minimum atomic E-state index is -0.432. The molecule has 0 radical (unpaired) electrons. The highest BCUT2D eigenvalue weighted by molar-refractivity contribution is 6.25. The number of ether oxygens (including phenoxy) is 1. The van der Waals surface area contributed by atoms with Crippen molar-refractivity contribution in [3.8, 4) is 0 Å². The summed E-state index contributed by atoms with van der Waals surface area (Å²) in [6, 6.07) is 0. The largest absolute Gasteiger partial charge is 0.465 e. The van der Waals surface area contributed by atoms with Crippen molar-refractivity contribution in [3.05, 3.63) is 5.53 Å². The van der Waals surface area contributed by atoms with Crippen LogP contribution in [0.15, 0.2) is 0 Å². The Hall–Kier alpha value is -1.48. The molecule has 0 amide bonds. The maximum absolute atomic E-state index is 10.5. The van der Waals surface area contributed by atoms with Gasteiger partial charge in [0.15, 0.2) is 0 Å². The molecule has 0 aliphatic rings. The van der Waals surface area contributed by atoms with Crippen molar-refractivity contribution in [3.63, 3.8) is 0 Å². The first kappa shape index (κ1) is 9.52. The zero-order valence-electron chi connectivity index (χ0n) is 6.11. The van der Waals surface area contributed by atoms with Gasteiger partial charge >= 0.3 is 12.2 Å². The molecule has 0 rings (SSSR count). The third kappa shape index (κ3) is 6.40. The molecule has 0 aromatic carbocycles. The molecule has 0 saturated carbocycles. The molecule has 0 aromatic heterocycles. The highest BCUT2D eigenvalue weighted by Crippen LogP contribution is 1.83. The molecule has 0 N–H and O–H groups in total. The van der Waals surface area contributed by atoms with Gasteiger partial charge in [0.1, 0.15) is 0 Å². The van der Waals surface area contributed by atoms with Crippen LogP contribution in [-0.2, 0) is 14.3 Å². The molecular weight excluding hydrogens is 148 g/mol. The molecule has 0 atom stereocenters. The number of rotatable bonds is 4. The number of esters is 1. The van der Waals surface area contributed by atoms with E-state index in [1.807, 2.05) is 0 Å². The van der Waals surface area contributed by atoms with Crippen molar-refractivity contribution in [2.75, 3.05) is 6.61 Å². The summed E-state index contributed by atoms with van der Waals surface area (Å²) in [5.41, 5.74) is 7.89. The lowest BCUT2D eigenvalue weighted by Crippen LogP contribution is -2.07. The van der Waals surface area contributed by atoms with Crippen LogP contribution in [0.5, 0.6) is 0 Å². The fourth-order valence-corrected chi connectivity index (χ4v) is 0.424. The van der Waals surface area contributed by atoms with E-state index in [2.05, 4.69) is 9.53 Å². The molecule has 11 heavy (non-hydrogen) atoms. The number of carbonyl (C=O) groups excluding carboxylic acids is 2. The Balaban J connectivity index is 3.47. The molecule has 0 bridgehead atoms. The van der Waals surface area contributed by atoms with Crippen molar-refractivity contribution >= 4 is 18.0 Å². The minimum Gasteiger partial charge on any atom is -0.465 e. The Morgan fingerprint density at radius 1 is 1.64 bits per heavy atom. The number of nitrogens with zero attached hydrogens (tertiary/aromatic N) is 2. The molecule has 0 aromatic rings. The standard InChI is InChI=1S/C6H8N2O3/c1-5(9)11-3-2-6(10)4-8-7/h4H,2-3H2,1H3. The topological polar surface area (TPSA) is 79.8 Å². The van der Waals surface area contributed by atoms with Crippen molar-refractivity contribution in [2.45, 2.75) is 13.3 Å². The summed E-state index contributed by atoms with van der Waals surface area (Å²) >= 11 is 0. The van der Waals surface area contributed by atoms with E-state index in [4.69, 9.17) is 5.53 Å². The lowest BCUT2D eigenvalue weighted by atomic mass is 10.3. The summed E-state index contributed by atoms with van der Waals surface area (Å²) in [7, 11) is 0. The van der Waals surface area contributed by atoms with Gasteiger partial charge in [0.05, 0.1) is 13.0 Å². The monoisotopic (exact) mass is 156 g/mol. The Morgan fingerprint density at radius 3 is 2.73 bits per heavy atom. The lowest BCUT2D eigenvalue weighted by Gasteiger charge is -1.95. The van der Waals surface area contributed by atoms with E-state index in [-0.39, 0.29) is 18.8 Å². The zero-order chi connectivity index (χ0) is 8.69. The second-order valence-corrected chi connectivity index (χ2v) is 1.80. The van der Waals surface area contributed by atoms with E-state index >= 15 is 0 Å². The van der Waals surface area contributed by atoms with Crippen LogP contribution in [0.25, 0.3) is 5.53 Å². The Kier molecular flexibility index (Phi) is 4.60. The van der Waals surface area contributed by atoms with Crippen LogP contribution >= 0.6 is 0 Å². The van der Waals surface area contributed by atoms with Crippen LogP contribution in [0.3, 0.4) is 0 Å². The van der Waals surface area contributed by atoms with Gasteiger partial charge < -0.3 is 10.3 Å². The summed E-state index contributed by atoms with van der Waals surface area (Å²) < 4.78 is 4.46. The van der Waals surface area contributed by atoms with E-state index in [9.17, 15) is 9.59 Å². The van der Waals surface area contributed by atoms with Gasteiger partial charge in [0.25, 0.3) is 0 Å². The first-order valence-electron chi connectivity index (χ1n) is 3.00. The molecule has 0 saturated heterocycles. The predicted octanol–water partition coefficient (Wildman–Crippen LogP) is -0.191. The van der Waals surface area contributed by atoms with E-state index < -0.39 is 5.97 Å². The average Bonchev–Trinajstić information content (AvgIpc) is 1.87. The van der Waals surface area contributed by atoms with Crippen LogP contribution < -0.4 is 0 Å².